The third-order valence-electron chi connectivity index (χ3n) is 4.69. The van der Waals surface area contributed by atoms with Gasteiger partial charge in [0.15, 0.2) is 0 Å². The van der Waals surface area contributed by atoms with Crippen LogP contribution >= 0.6 is 22.7 Å². The topological polar surface area (TPSA) is 38.1 Å². The van der Waals surface area contributed by atoms with Gasteiger partial charge in [0, 0.05) is 23.3 Å². The Labute approximate surface area is 149 Å². The molecule has 0 unspecified atom stereocenters. The standard InChI is InChI=1S/C18H21N3OS2/c1-3-21-17(22)15-13-8-4-5-9-14(13)24-16(15)19-18(21)20(2)11-12-7-6-10-23-12/h6-7,10H,3-5,8-9,11H2,1-2H3. The number of hydrogen-bond donors (Lipinski definition) is 0. The number of aromatic nitrogens is 2. The van der Waals surface area contributed by atoms with Crippen LogP contribution in [0, 0.1) is 0 Å². The Morgan fingerprint density at radius 1 is 1.33 bits per heavy atom. The van der Waals surface area contributed by atoms with Crippen molar-refractivity contribution in [1.82, 2.24) is 9.55 Å². The van der Waals surface area contributed by atoms with Gasteiger partial charge >= 0.3 is 0 Å². The van der Waals surface area contributed by atoms with Crippen molar-refractivity contribution in [3.8, 4) is 0 Å². The predicted octanol–water partition coefficient (Wildman–Crippen LogP) is 4.05. The van der Waals surface area contributed by atoms with Crippen molar-refractivity contribution in [3.63, 3.8) is 0 Å². The Morgan fingerprint density at radius 3 is 2.92 bits per heavy atom. The minimum absolute atomic E-state index is 0.134. The molecule has 0 aromatic carbocycles. The van der Waals surface area contributed by atoms with Gasteiger partial charge in [-0.25, -0.2) is 4.98 Å². The second-order valence-electron chi connectivity index (χ2n) is 6.29. The molecule has 4 nitrogen and oxygen atoms in total. The van der Waals surface area contributed by atoms with E-state index in [1.54, 1.807) is 22.7 Å². The van der Waals surface area contributed by atoms with Gasteiger partial charge in [0.2, 0.25) is 5.95 Å². The molecule has 0 bridgehead atoms. The Bertz CT molecular complexity index is 924. The van der Waals surface area contributed by atoms with E-state index in [0.29, 0.717) is 6.54 Å². The Kier molecular flexibility index (Phi) is 4.18. The van der Waals surface area contributed by atoms with Gasteiger partial charge in [-0.3, -0.25) is 9.36 Å². The van der Waals surface area contributed by atoms with Gasteiger partial charge in [-0.1, -0.05) is 6.07 Å². The molecule has 24 heavy (non-hydrogen) atoms. The highest BCUT2D eigenvalue weighted by Gasteiger charge is 2.22. The second-order valence-corrected chi connectivity index (χ2v) is 8.40. The zero-order chi connectivity index (χ0) is 16.7. The van der Waals surface area contributed by atoms with Gasteiger partial charge in [-0.05, 0) is 49.6 Å². The Balaban J connectivity index is 1.85. The summed E-state index contributed by atoms with van der Waals surface area (Å²) in [7, 11) is 2.02. The van der Waals surface area contributed by atoms with Crippen LogP contribution in [0.4, 0.5) is 5.95 Å². The van der Waals surface area contributed by atoms with E-state index >= 15 is 0 Å². The average molecular weight is 360 g/mol. The van der Waals surface area contributed by atoms with Gasteiger partial charge in [0.1, 0.15) is 4.83 Å². The SMILES string of the molecule is CCn1c(N(C)Cc2cccs2)nc2sc3c(c2c1=O)CCCC3. The van der Waals surface area contributed by atoms with E-state index in [4.69, 9.17) is 4.98 Å². The van der Waals surface area contributed by atoms with Crippen LogP contribution in [0.1, 0.15) is 35.1 Å². The van der Waals surface area contributed by atoms with E-state index in [1.165, 1.54) is 28.2 Å². The van der Waals surface area contributed by atoms with E-state index in [1.807, 2.05) is 18.5 Å². The number of nitrogens with zero attached hydrogens (tertiary/aromatic N) is 3. The van der Waals surface area contributed by atoms with E-state index in [0.717, 1.165) is 35.6 Å². The van der Waals surface area contributed by atoms with E-state index in [-0.39, 0.29) is 5.56 Å². The molecule has 3 aromatic heterocycles. The molecule has 1 aliphatic carbocycles. The van der Waals surface area contributed by atoms with Crippen LogP contribution in [0.2, 0.25) is 0 Å². The lowest BCUT2D eigenvalue weighted by Gasteiger charge is -2.21. The fourth-order valence-corrected chi connectivity index (χ4v) is 5.52. The molecule has 0 fully saturated rings. The molecule has 0 N–H and O–H groups in total. The summed E-state index contributed by atoms with van der Waals surface area (Å²) in [5, 5.41) is 2.96. The monoisotopic (exact) mass is 359 g/mol. The first kappa shape index (κ1) is 15.8. The van der Waals surface area contributed by atoms with Crippen LogP contribution in [-0.4, -0.2) is 16.6 Å². The highest BCUT2D eigenvalue weighted by molar-refractivity contribution is 7.18. The van der Waals surface area contributed by atoms with Gasteiger partial charge < -0.3 is 4.90 Å². The summed E-state index contributed by atoms with van der Waals surface area (Å²) in [5.74, 6) is 0.780. The normalized spacial score (nSPS) is 14.1. The van der Waals surface area contributed by atoms with Gasteiger partial charge in [-0.15, -0.1) is 22.7 Å². The maximum absolute atomic E-state index is 13.1. The van der Waals surface area contributed by atoms with Crippen molar-refractivity contribution < 1.29 is 0 Å². The van der Waals surface area contributed by atoms with Crippen molar-refractivity contribution in [3.05, 3.63) is 43.2 Å². The third kappa shape index (κ3) is 2.58. The molecule has 0 spiro atoms. The second kappa shape index (κ2) is 6.33. The van der Waals surface area contributed by atoms with Gasteiger partial charge in [0.05, 0.1) is 11.9 Å². The molecule has 3 heterocycles. The molecule has 0 aliphatic heterocycles. The number of fused-ring (bicyclic) bond motifs is 3. The molecular weight excluding hydrogens is 338 g/mol. The van der Waals surface area contributed by atoms with Crippen molar-refractivity contribution >= 4 is 38.8 Å². The number of aryl methyl sites for hydroxylation is 2. The van der Waals surface area contributed by atoms with Crippen LogP contribution < -0.4 is 10.5 Å². The lowest BCUT2D eigenvalue weighted by Crippen LogP contribution is -2.29. The van der Waals surface area contributed by atoms with Gasteiger partial charge in [-0.2, -0.15) is 0 Å². The number of thiophene rings is 2. The fourth-order valence-electron chi connectivity index (χ4n) is 3.51. The summed E-state index contributed by atoms with van der Waals surface area (Å²) < 4.78 is 1.83. The highest BCUT2D eigenvalue weighted by atomic mass is 32.1. The first-order valence-corrected chi connectivity index (χ1v) is 10.2. The lowest BCUT2D eigenvalue weighted by molar-refractivity contribution is 0.683. The van der Waals surface area contributed by atoms with Crippen molar-refractivity contribution in [2.75, 3.05) is 11.9 Å². The minimum Gasteiger partial charge on any atom is -0.340 e. The fraction of sp³-hybridized carbons (Fsp3) is 0.444. The third-order valence-corrected chi connectivity index (χ3v) is 6.73. The summed E-state index contributed by atoms with van der Waals surface area (Å²) in [6, 6.07) is 4.18. The van der Waals surface area contributed by atoms with Crippen molar-refractivity contribution in [1.29, 1.82) is 0 Å². The van der Waals surface area contributed by atoms with Crippen LogP contribution in [0.25, 0.3) is 10.2 Å². The van der Waals surface area contributed by atoms with E-state index in [2.05, 4.69) is 22.4 Å². The highest BCUT2D eigenvalue weighted by Crippen LogP contribution is 2.34. The Hall–Kier alpha value is -1.66. The van der Waals surface area contributed by atoms with Crippen molar-refractivity contribution in [2.24, 2.45) is 0 Å². The molecule has 6 heteroatoms. The van der Waals surface area contributed by atoms with E-state index in [9.17, 15) is 4.79 Å². The average Bonchev–Trinajstić information content (AvgIpc) is 3.21. The molecule has 0 saturated carbocycles. The quantitative estimate of drug-likeness (QED) is 0.705. The summed E-state index contributed by atoms with van der Waals surface area (Å²) in [6.45, 7) is 3.45. The summed E-state index contributed by atoms with van der Waals surface area (Å²) in [4.78, 5) is 23.7. The summed E-state index contributed by atoms with van der Waals surface area (Å²) in [5.41, 5.74) is 1.41. The zero-order valence-corrected chi connectivity index (χ0v) is 15.7. The molecule has 3 aromatic rings. The molecule has 0 radical (unpaired) electrons. The van der Waals surface area contributed by atoms with Crippen molar-refractivity contribution in [2.45, 2.75) is 45.7 Å². The first-order valence-electron chi connectivity index (χ1n) is 8.47. The summed E-state index contributed by atoms with van der Waals surface area (Å²) >= 11 is 3.46. The van der Waals surface area contributed by atoms with Gasteiger partial charge in [0.25, 0.3) is 5.56 Å². The molecule has 0 atom stereocenters. The number of anilines is 1. The summed E-state index contributed by atoms with van der Waals surface area (Å²) in [6.07, 6.45) is 4.54. The predicted molar refractivity (Wildman–Crippen MR) is 103 cm³/mol. The maximum atomic E-state index is 13.1. The van der Waals surface area contributed by atoms with E-state index < -0.39 is 0 Å². The lowest BCUT2D eigenvalue weighted by atomic mass is 9.97. The molecule has 1 aliphatic rings. The minimum atomic E-state index is 0.134. The van der Waals surface area contributed by atoms with Crippen LogP contribution in [0.5, 0.6) is 0 Å². The Morgan fingerprint density at radius 2 is 2.17 bits per heavy atom. The number of hydrogen-bond acceptors (Lipinski definition) is 5. The number of rotatable bonds is 4. The molecule has 126 valence electrons. The van der Waals surface area contributed by atoms with Crippen LogP contribution in [0.15, 0.2) is 22.3 Å². The smallest absolute Gasteiger partial charge is 0.263 e. The maximum Gasteiger partial charge on any atom is 0.263 e. The zero-order valence-electron chi connectivity index (χ0n) is 14.0. The molecular formula is C18H21N3OS2. The molecule has 0 amide bonds. The van der Waals surface area contributed by atoms with Crippen LogP contribution in [-0.2, 0) is 25.9 Å². The molecule has 4 rings (SSSR count). The van der Waals surface area contributed by atoms with Crippen LogP contribution in [0.3, 0.4) is 0 Å². The first-order chi connectivity index (χ1) is 11.7. The largest absolute Gasteiger partial charge is 0.340 e. The molecule has 0 saturated heterocycles.